The van der Waals surface area contributed by atoms with E-state index >= 15 is 0 Å². The Morgan fingerprint density at radius 1 is 1.12 bits per heavy atom. The fourth-order valence-corrected chi connectivity index (χ4v) is 4.87. The molecule has 2 aromatic rings. The van der Waals surface area contributed by atoms with Gasteiger partial charge in [0.25, 0.3) is 0 Å². The minimum atomic E-state index is -3.61. The lowest BCUT2D eigenvalue weighted by molar-refractivity contribution is 0.546. The van der Waals surface area contributed by atoms with Gasteiger partial charge >= 0.3 is 0 Å². The molecular formula is C21H25NO2S. The highest BCUT2D eigenvalue weighted by Crippen LogP contribution is 2.22. The van der Waals surface area contributed by atoms with Gasteiger partial charge in [-0.2, -0.15) is 0 Å². The van der Waals surface area contributed by atoms with Crippen molar-refractivity contribution in [2.24, 2.45) is 0 Å². The third-order valence-corrected chi connectivity index (χ3v) is 5.89. The van der Waals surface area contributed by atoms with Crippen molar-refractivity contribution < 1.29 is 8.42 Å². The van der Waals surface area contributed by atoms with E-state index in [1.807, 2.05) is 63.2 Å². The average Bonchev–Trinajstić information content (AvgIpc) is 2.52. The van der Waals surface area contributed by atoms with Crippen molar-refractivity contribution in [3.05, 3.63) is 83.1 Å². The van der Waals surface area contributed by atoms with Crippen LogP contribution in [-0.4, -0.2) is 14.5 Å². The van der Waals surface area contributed by atoms with Gasteiger partial charge in [0.05, 0.1) is 4.90 Å². The van der Waals surface area contributed by atoms with Crippen LogP contribution in [0, 0.1) is 20.8 Å². The summed E-state index contributed by atoms with van der Waals surface area (Å²) in [6, 6.07) is 13.4. The fraction of sp³-hybridized carbons (Fsp3) is 0.286. The highest BCUT2D eigenvalue weighted by molar-refractivity contribution is 7.89. The van der Waals surface area contributed by atoms with Gasteiger partial charge < -0.3 is 0 Å². The molecule has 0 radical (unpaired) electrons. The van der Waals surface area contributed by atoms with Crippen molar-refractivity contribution in [1.29, 1.82) is 0 Å². The number of nitrogens with one attached hydrogen (secondary N) is 1. The van der Waals surface area contributed by atoms with Crippen molar-refractivity contribution in [3.8, 4) is 0 Å². The lowest BCUT2D eigenvalue weighted by atomic mass is 10.0. The average molecular weight is 356 g/mol. The summed E-state index contributed by atoms with van der Waals surface area (Å²) in [7, 11) is -3.61. The summed E-state index contributed by atoms with van der Waals surface area (Å²) in [5.74, 6) is 0. The molecule has 0 aliphatic rings. The monoisotopic (exact) mass is 355 g/mol. The van der Waals surface area contributed by atoms with E-state index in [2.05, 4.69) is 17.0 Å². The summed E-state index contributed by atoms with van der Waals surface area (Å²) < 4.78 is 28.8. The van der Waals surface area contributed by atoms with Gasteiger partial charge in [-0.15, -0.1) is 5.73 Å². The van der Waals surface area contributed by atoms with E-state index in [9.17, 15) is 8.42 Å². The maximum absolute atomic E-state index is 13.0. The summed E-state index contributed by atoms with van der Waals surface area (Å²) in [5, 5.41) is 0. The van der Waals surface area contributed by atoms with Gasteiger partial charge in [-0.25, -0.2) is 13.1 Å². The Bertz CT molecular complexity index is 856. The van der Waals surface area contributed by atoms with Gasteiger partial charge in [0.1, 0.15) is 0 Å². The number of rotatable bonds is 7. The number of benzene rings is 2. The highest BCUT2D eigenvalue weighted by Gasteiger charge is 2.23. The van der Waals surface area contributed by atoms with Crippen molar-refractivity contribution in [2.45, 2.75) is 44.6 Å². The molecule has 2 aromatic carbocycles. The molecule has 1 atom stereocenters. The summed E-state index contributed by atoms with van der Waals surface area (Å²) in [6.45, 7) is 9.22. The molecule has 0 fully saturated rings. The van der Waals surface area contributed by atoms with Gasteiger partial charge in [0, 0.05) is 6.04 Å². The molecule has 0 saturated carbocycles. The summed E-state index contributed by atoms with van der Waals surface area (Å²) in [5.41, 5.74) is 6.41. The van der Waals surface area contributed by atoms with E-state index in [4.69, 9.17) is 0 Å². The Labute approximate surface area is 151 Å². The smallest absolute Gasteiger partial charge is 0.207 e. The zero-order valence-corrected chi connectivity index (χ0v) is 15.9. The second-order valence-corrected chi connectivity index (χ2v) is 8.03. The zero-order chi connectivity index (χ0) is 18.4. The Morgan fingerprint density at radius 2 is 1.72 bits per heavy atom. The van der Waals surface area contributed by atoms with E-state index < -0.39 is 10.0 Å². The maximum atomic E-state index is 13.0. The first-order valence-electron chi connectivity index (χ1n) is 8.32. The first-order valence-corrected chi connectivity index (χ1v) is 9.80. The highest BCUT2D eigenvalue weighted by atomic mass is 32.2. The van der Waals surface area contributed by atoms with Crippen LogP contribution in [-0.2, 0) is 16.4 Å². The van der Waals surface area contributed by atoms with Crippen LogP contribution in [0.1, 0.15) is 28.7 Å². The lowest BCUT2D eigenvalue weighted by Gasteiger charge is -2.20. The molecule has 0 heterocycles. The van der Waals surface area contributed by atoms with Gasteiger partial charge in [0.2, 0.25) is 10.0 Å². The Balaban J connectivity index is 2.32. The van der Waals surface area contributed by atoms with E-state index in [0.717, 1.165) is 22.3 Å². The van der Waals surface area contributed by atoms with Crippen molar-refractivity contribution in [3.63, 3.8) is 0 Å². The van der Waals surface area contributed by atoms with E-state index in [1.165, 1.54) is 0 Å². The molecule has 2 rings (SSSR count). The molecule has 0 bridgehead atoms. The third kappa shape index (κ3) is 5.17. The predicted octanol–water partition coefficient (Wildman–Crippen LogP) is 4.23. The molecule has 0 saturated heterocycles. The Morgan fingerprint density at radius 3 is 2.28 bits per heavy atom. The molecule has 3 nitrogen and oxygen atoms in total. The van der Waals surface area contributed by atoms with Crippen LogP contribution in [0.5, 0.6) is 0 Å². The Hall–Kier alpha value is -2.13. The van der Waals surface area contributed by atoms with Crippen LogP contribution >= 0.6 is 0 Å². The number of hydrogen-bond acceptors (Lipinski definition) is 2. The summed E-state index contributed by atoms with van der Waals surface area (Å²) in [4.78, 5) is 0.374. The van der Waals surface area contributed by atoms with E-state index in [1.54, 1.807) is 6.08 Å². The summed E-state index contributed by atoms with van der Waals surface area (Å²) >= 11 is 0. The van der Waals surface area contributed by atoms with Crippen LogP contribution in [0.3, 0.4) is 0 Å². The van der Waals surface area contributed by atoms with Crippen LogP contribution in [0.25, 0.3) is 0 Å². The van der Waals surface area contributed by atoms with Gasteiger partial charge in [-0.05, 0) is 56.4 Å². The third-order valence-electron chi connectivity index (χ3n) is 4.07. The molecule has 1 N–H and O–H groups in total. The SMILES string of the molecule is C=C=CC[C@H](Cc1ccccc1)NS(=O)(=O)c1c(C)cc(C)cc1C. The quantitative estimate of drug-likeness (QED) is 0.756. The maximum Gasteiger partial charge on any atom is 0.241 e. The minimum absolute atomic E-state index is 0.248. The standard InChI is InChI=1S/C21H25NO2S/c1-5-6-12-20(15-19-10-8-7-9-11-19)22-25(23,24)21-17(3)13-16(2)14-18(21)4/h6-11,13-14,20,22H,1,12,15H2,2-4H3/t20-/m1/s1. The molecule has 0 spiro atoms. The number of sulfonamides is 1. The molecule has 0 unspecified atom stereocenters. The Kier molecular flexibility index (Phi) is 6.38. The first kappa shape index (κ1) is 19.2. The van der Waals surface area contributed by atoms with E-state index in [-0.39, 0.29) is 6.04 Å². The second kappa shape index (κ2) is 8.30. The number of hydrogen-bond donors (Lipinski definition) is 1. The van der Waals surface area contributed by atoms with Gasteiger partial charge in [-0.3, -0.25) is 0 Å². The van der Waals surface area contributed by atoms with Crippen molar-refractivity contribution >= 4 is 10.0 Å². The molecule has 4 heteroatoms. The molecule has 0 amide bonds. The largest absolute Gasteiger partial charge is 0.241 e. The minimum Gasteiger partial charge on any atom is -0.207 e. The van der Waals surface area contributed by atoms with Crippen LogP contribution in [0.4, 0.5) is 0 Å². The predicted molar refractivity (Wildman–Crippen MR) is 103 cm³/mol. The fourth-order valence-electron chi connectivity index (χ4n) is 3.17. The first-order chi connectivity index (χ1) is 11.8. The number of aryl methyl sites for hydroxylation is 3. The van der Waals surface area contributed by atoms with Gasteiger partial charge in [0.15, 0.2) is 0 Å². The zero-order valence-electron chi connectivity index (χ0n) is 15.0. The van der Waals surface area contributed by atoms with Crippen molar-refractivity contribution in [1.82, 2.24) is 4.72 Å². The van der Waals surface area contributed by atoms with Crippen LogP contribution in [0.2, 0.25) is 0 Å². The molecule has 0 aliphatic heterocycles. The molecule has 132 valence electrons. The second-order valence-electron chi connectivity index (χ2n) is 6.38. The molecule has 25 heavy (non-hydrogen) atoms. The van der Waals surface area contributed by atoms with Crippen LogP contribution in [0.15, 0.2) is 65.7 Å². The normalized spacial score (nSPS) is 12.4. The topological polar surface area (TPSA) is 46.2 Å². The summed E-state index contributed by atoms with van der Waals surface area (Å²) in [6.07, 6.45) is 2.93. The lowest BCUT2D eigenvalue weighted by Crippen LogP contribution is -2.36. The molecule has 0 aromatic heterocycles. The van der Waals surface area contributed by atoms with Crippen LogP contribution < -0.4 is 4.72 Å². The molecule has 0 aliphatic carbocycles. The molecular weight excluding hydrogens is 330 g/mol. The van der Waals surface area contributed by atoms with Crippen molar-refractivity contribution in [2.75, 3.05) is 0 Å². The van der Waals surface area contributed by atoms with E-state index in [0.29, 0.717) is 17.7 Å². The van der Waals surface area contributed by atoms with Gasteiger partial charge in [-0.1, -0.05) is 54.6 Å².